The van der Waals surface area contributed by atoms with Gasteiger partial charge in [-0.25, -0.2) is 13.2 Å². The molecule has 1 aromatic rings. The fraction of sp³-hybridized carbons (Fsp3) is 0.600. The van der Waals surface area contributed by atoms with Gasteiger partial charge in [-0.15, -0.1) is 0 Å². The van der Waals surface area contributed by atoms with Gasteiger partial charge >= 0.3 is 6.09 Å². The van der Waals surface area contributed by atoms with Crippen molar-refractivity contribution >= 4 is 27.7 Å². The van der Waals surface area contributed by atoms with Crippen LogP contribution in [0.4, 0.5) is 10.5 Å². The minimum absolute atomic E-state index is 0.248. The Morgan fingerprint density at radius 2 is 1.69 bits per heavy atom. The largest absolute Gasteiger partial charge is 0.450 e. The fourth-order valence-electron chi connectivity index (χ4n) is 3.51. The number of nitrogens with zero attached hydrogens (tertiary/aromatic N) is 3. The summed E-state index contributed by atoms with van der Waals surface area (Å²) in [5.41, 5.74) is 2.24. The molecule has 1 fully saturated rings. The second-order valence-corrected chi connectivity index (χ2v) is 9.14. The lowest BCUT2D eigenvalue weighted by molar-refractivity contribution is -0.134. The number of carbonyl (C=O) groups excluding carboxylic acids is 2. The van der Waals surface area contributed by atoms with Crippen LogP contribution in [0.1, 0.15) is 31.4 Å². The monoisotopic (exact) mass is 425 g/mol. The molecule has 2 rings (SSSR count). The lowest BCUT2D eigenvalue weighted by Gasteiger charge is -2.38. The average Bonchev–Trinajstić information content (AvgIpc) is 2.67. The molecule has 0 N–H and O–H groups in total. The van der Waals surface area contributed by atoms with E-state index in [1.54, 1.807) is 29.7 Å². The van der Waals surface area contributed by atoms with E-state index in [1.165, 1.54) is 4.31 Å². The highest BCUT2D eigenvalue weighted by Crippen LogP contribution is 2.28. The van der Waals surface area contributed by atoms with Crippen LogP contribution in [0.3, 0.4) is 0 Å². The summed E-state index contributed by atoms with van der Waals surface area (Å²) in [6.07, 6.45) is 1.08. The zero-order valence-corrected chi connectivity index (χ0v) is 18.7. The molecule has 1 atom stereocenters. The first kappa shape index (κ1) is 23.0. The number of benzene rings is 1. The van der Waals surface area contributed by atoms with Gasteiger partial charge in [-0.3, -0.25) is 9.10 Å². The molecule has 0 aliphatic carbocycles. The van der Waals surface area contributed by atoms with Crippen molar-refractivity contribution in [3.63, 3.8) is 0 Å². The maximum Gasteiger partial charge on any atom is 0.409 e. The molecular weight excluding hydrogens is 394 g/mol. The van der Waals surface area contributed by atoms with E-state index in [0.29, 0.717) is 44.9 Å². The Balaban J connectivity index is 2.26. The maximum atomic E-state index is 13.3. The lowest BCUT2D eigenvalue weighted by atomic mass is 10.1. The molecule has 1 heterocycles. The number of sulfonamides is 1. The second kappa shape index (κ2) is 9.47. The smallest absolute Gasteiger partial charge is 0.409 e. The van der Waals surface area contributed by atoms with Crippen LogP contribution in [0.25, 0.3) is 0 Å². The molecule has 0 bridgehead atoms. The predicted molar refractivity (Wildman–Crippen MR) is 112 cm³/mol. The molecule has 1 aliphatic rings. The molecule has 0 radical (unpaired) electrons. The van der Waals surface area contributed by atoms with Gasteiger partial charge in [0.2, 0.25) is 15.9 Å². The Hall–Kier alpha value is -2.29. The lowest BCUT2D eigenvalue weighted by Crippen LogP contribution is -2.56. The number of anilines is 1. The molecule has 1 aliphatic heterocycles. The Labute approximate surface area is 173 Å². The third-order valence-electron chi connectivity index (χ3n) is 5.03. The maximum absolute atomic E-state index is 13.3. The zero-order chi connectivity index (χ0) is 21.8. The fourth-order valence-corrected chi connectivity index (χ4v) is 4.77. The first-order valence-electron chi connectivity index (χ1n) is 9.87. The standard InChI is InChI=1S/C20H31N3O5S/c1-6-17(19(24)21-10-12-22(13-11-21)20(25)28-7-2)23(29(5,26)27)18-14-15(3)8-9-16(18)4/h8-9,14,17H,6-7,10-13H2,1-5H3/t17-/m1/s1. The second-order valence-electron chi connectivity index (χ2n) is 7.28. The quantitative estimate of drug-likeness (QED) is 0.697. The van der Waals surface area contributed by atoms with Gasteiger partial charge in [0.15, 0.2) is 0 Å². The van der Waals surface area contributed by atoms with E-state index in [0.717, 1.165) is 17.4 Å². The molecule has 2 amide bonds. The molecule has 162 valence electrons. The summed E-state index contributed by atoms with van der Waals surface area (Å²) < 4.78 is 31.6. The number of rotatable bonds is 6. The van der Waals surface area contributed by atoms with Gasteiger partial charge in [0.25, 0.3) is 0 Å². The van der Waals surface area contributed by atoms with E-state index in [4.69, 9.17) is 4.74 Å². The van der Waals surface area contributed by atoms with Gasteiger partial charge < -0.3 is 14.5 Å². The van der Waals surface area contributed by atoms with Crippen molar-refractivity contribution in [1.82, 2.24) is 9.80 Å². The minimum atomic E-state index is -3.68. The highest BCUT2D eigenvalue weighted by molar-refractivity contribution is 7.92. The van der Waals surface area contributed by atoms with Crippen molar-refractivity contribution in [1.29, 1.82) is 0 Å². The SMILES string of the molecule is CCOC(=O)N1CCN(C(=O)[C@@H](CC)N(c2cc(C)ccc2C)S(C)(=O)=O)CC1. The number of ether oxygens (including phenoxy) is 1. The summed E-state index contributed by atoms with van der Waals surface area (Å²) >= 11 is 0. The number of hydrogen-bond donors (Lipinski definition) is 0. The summed E-state index contributed by atoms with van der Waals surface area (Å²) in [4.78, 5) is 28.3. The Kier molecular flexibility index (Phi) is 7.51. The van der Waals surface area contributed by atoms with Gasteiger partial charge in [-0.1, -0.05) is 19.1 Å². The number of hydrogen-bond acceptors (Lipinski definition) is 5. The van der Waals surface area contributed by atoms with Crippen molar-refractivity contribution in [2.75, 3.05) is 43.3 Å². The average molecular weight is 426 g/mol. The highest BCUT2D eigenvalue weighted by Gasteiger charge is 2.36. The van der Waals surface area contributed by atoms with Crippen LogP contribution in [0, 0.1) is 13.8 Å². The van der Waals surface area contributed by atoms with Crippen LogP contribution >= 0.6 is 0 Å². The van der Waals surface area contributed by atoms with Crippen LogP contribution in [-0.4, -0.2) is 75.3 Å². The molecule has 0 saturated carbocycles. The van der Waals surface area contributed by atoms with E-state index >= 15 is 0 Å². The topological polar surface area (TPSA) is 87.2 Å². The van der Waals surface area contributed by atoms with Crippen molar-refractivity contribution < 1.29 is 22.7 Å². The molecule has 29 heavy (non-hydrogen) atoms. The van der Waals surface area contributed by atoms with E-state index in [-0.39, 0.29) is 12.0 Å². The molecule has 9 heteroatoms. The highest BCUT2D eigenvalue weighted by atomic mass is 32.2. The molecule has 0 unspecified atom stereocenters. The van der Waals surface area contributed by atoms with E-state index in [1.807, 2.05) is 26.0 Å². The van der Waals surface area contributed by atoms with Gasteiger partial charge in [0, 0.05) is 26.2 Å². The molecule has 8 nitrogen and oxygen atoms in total. The van der Waals surface area contributed by atoms with Crippen molar-refractivity contribution in [2.45, 2.75) is 40.2 Å². The minimum Gasteiger partial charge on any atom is -0.450 e. The van der Waals surface area contributed by atoms with Crippen molar-refractivity contribution in [2.24, 2.45) is 0 Å². The first-order valence-corrected chi connectivity index (χ1v) is 11.7. The van der Waals surface area contributed by atoms with Gasteiger partial charge in [-0.2, -0.15) is 0 Å². The van der Waals surface area contributed by atoms with Crippen LogP contribution < -0.4 is 4.31 Å². The van der Waals surface area contributed by atoms with Crippen molar-refractivity contribution in [3.8, 4) is 0 Å². The van der Waals surface area contributed by atoms with Crippen LogP contribution in [-0.2, 0) is 19.6 Å². The van der Waals surface area contributed by atoms with Crippen molar-refractivity contribution in [3.05, 3.63) is 29.3 Å². The molecule has 1 saturated heterocycles. The van der Waals surface area contributed by atoms with Gasteiger partial charge in [-0.05, 0) is 44.4 Å². The number of amides is 2. The third kappa shape index (κ3) is 5.41. The Morgan fingerprint density at radius 1 is 1.10 bits per heavy atom. The van der Waals surface area contributed by atoms with Gasteiger partial charge in [0.05, 0.1) is 18.6 Å². The zero-order valence-electron chi connectivity index (χ0n) is 17.8. The molecule has 0 aromatic heterocycles. The Morgan fingerprint density at radius 3 is 2.21 bits per heavy atom. The Bertz CT molecular complexity index is 848. The summed E-state index contributed by atoms with van der Waals surface area (Å²) in [6, 6.07) is 4.74. The number of carbonyl (C=O) groups is 2. The number of aryl methyl sites for hydroxylation is 2. The van der Waals surface area contributed by atoms with E-state index in [9.17, 15) is 18.0 Å². The third-order valence-corrected chi connectivity index (χ3v) is 6.20. The molecular formula is C20H31N3O5S. The molecule has 0 spiro atoms. The van der Waals surface area contributed by atoms with Crippen LogP contribution in [0.5, 0.6) is 0 Å². The number of piperazine rings is 1. The summed E-state index contributed by atoms with van der Waals surface area (Å²) in [6.45, 7) is 9.00. The van der Waals surface area contributed by atoms with E-state index in [2.05, 4.69) is 0 Å². The normalized spacial score (nSPS) is 15.8. The summed E-state index contributed by atoms with van der Waals surface area (Å²) in [7, 11) is -3.68. The summed E-state index contributed by atoms with van der Waals surface area (Å²) in [5, 5.41) is 0. The predicted octanol–water partition coefficient (Wildman–Crippen LogP) is 2.15. The van der Waals surface area contributed by atoms with E-state index < -0.39 is 16.1 Å². The van der Waals surface area contributed by atoms with Crippen LogP contribution in [0.15, 0.2) is 18.2 Å². The van der Waals surface area contributed by atoms with Gasteiger partial charge in [0.1, 0.15) is 6.04 Å². The van der Waals surface area contributed by atoms with Crippen LogP contribution in [0.2, 0.25) is 0 Å². The first-order chi connectivity index (χ1) is 13.6. The summed E-state index contributed by atoms with van der Waals surface area (Å²) in [5.74, 6) is -0.248. The molecule has 1 aromatic carbocycles.